The molecule has 1 aromatic carbocycles. The van der Waals surface area contributed by atoms with Crippen LogP contribution in [0.15, 0.2) is 12.1 Å². The molecule has 0 unspecified atom stereocenters. The number of nitrogens with zero attached hydrogens (tertiary/aromatic N) is 2. The summed E-state index contributed by atoms with van der Waals surface area (Å²) in [5.74, 6) is -0.109. The molecule has 1 aromatic rings. The fraction of sp³-hybridized carbons (Fsp3) is 0.462. The Hall–Kier alpha value is -0.970. The number of likely N-dealkylation sites (N-methyl/N-ethyl adjacent to an activating group) is 1. The number of carbonyl (C=O) groups is 1. The van der Waals surface area contributed by atoms with Crippen molar-refractivity contribution in [2.24, 2.45) is 0 Å². The molecule has 1 fully saturated rings. The number of anilines is 1. The molecule has 2 aliphatic heterocycles. The fourth-order valence-corrected chi connectivity index (χ4v) is 3.29. The molecule has 0 aromatic heterocycles. The van der Waals surface area contributed by atoms with Crippen molar-refractivity contribution in [2.75, 3.05) is 31.6 Å². The van der Waals surface area contributed by atoms with Crippen molar-refractivity contribution in [3.05, 3.63) is 27.7 Å². The first kappa shape index (κ1) is 13.0. The van der Waals surface area contributed by atoms with Crippen molar-refractivity contribution in [1.82, 2.24) is 10.2 Å². The van der Waals surface area contributed by atoms with Gasteiger partial charge < -0.3 is 15.1 Å². The van der Waals surface area contributed by atoms with Crippen molar-refractivity contribution >= 4 is 34.8 Å². The van der Waals surface area contributed by atoms with E-state index in [1.807, 2.05) is 6.07 Å². The van der Waals surface area contributed by atoms with E-state index in [1.54, 1.807) is 6.07 Å². The highest BCUT2D eigenvalue weighted by molar-refractivity contribution is 6.38. The largest absolute Gasteiger partial charge is 0.349 e. The predicted octanol–water partition coefficient (Wildman–Crippen LogP) is 2.20. The van der Waals surface area contributed by atoms with Gasteiger partial charge in [0.25, 0.3) is 5.91 Å². The first-order valence-corrected chi connectivity index (χ1v) is 7.07. The molecular formula is C13H15Cl2N3O. The SMILES string of the molecule is CN1CC[C@@H]2NC(=O)c3c(Cl)cc(Cl)cc3N2CC1. The number of carbonyl (C=O) groups excluding carboxylic acids is 1. The first-order valence-electron chi connectivity index (χ1n) is 6.31. The third-order valence-corrected chi connectivity index (χ3v) is 4.27. The van der Waals surface area contributed by atoms with Crippen molar-refractivity contribution in [2.45, 2.75) is 12.6 Å². The third-order valence-electron chi connectivity index (χ3n) is 3.75. The van der Waals surface area contributed by atoms with Crippen molar-refractivity contribution < 1.29 is 4.79 Å². The van der Waals surface area contributed by atoms with Crippen LogP contribution in [-0.2, 0) is 0 Å². The van der Waals surface area contributed by atoms with Crippen LogP contribution in [0.2, 0.25) is 10.0 Å². The van der Waals surface area contributed by atoms with E-state index in [9.17, 15) is 4.79 Å². The minimum Gasteiger partial charge on any atom is -0.349 e. The molecule has 0 saturated carbocycles. The molecule has 0 aliphatic carbocycles. The molecule has 0 spiro atoms. The smallest absolute Gasteiger partial charge is 0.256 e. The minimum absolute atomic E-state index is 0.0273. The monoisotopic (exact) mass is 299 g/mol. The summed E-state index contributed by atoms with van der Waals surface area (Å²) in [6, 6.07) is 3.45. The van der Waals surface area contributed by atoms with Gasteiger partial charge in [-0.25, -0.2) is 0 Å². The molecule has 3 rings (SSSR count). The summed E-state index contributed by atoms with van der Waals surface area (Å²) < 4.78 is 0. The molecule has 0 bridgehead atoms. The zero-order valence-electron chi connectivity index (χ0n) is 10.6. The number of halogens is 2. The molecule has 2 heterocycles. The highest BCUT2D eigenvalue weighted by atomic mass is 35.5. The van der Waals surface area contributed by atoms with Gasteiger partial charge in [-0.3, -0.25) is 4.79 Å². The number of benzene rings is 1. The highest BCUT2D eigenvalue weighted by Crippen LogP contribution is 2.35. The van der Waals surface area contributed by atoms with Gasteiger partial charge in [-0.1, -0.05) is 23.2 Å². The van der Waals surface area contributed by atoms with E-state index in [0.29, 0.717) is 15.6 Å². The predicted molar refractivity (Wildman–Crippen MR) is 77.2 cm³/mol. The van der Waals surface area contributed by atoms with Gasteiger partial charge in [-0.2, -0.15) is 0 Å². The lowest BCUT2D eigenvalue weighted by atomic mass is 10.1. The number of nitrogens with one attached hydrogen (secondary N) is 1. The van der Waals surface area contributed by atoms with Crippen LogP contribution >= 0.6 is 23.2 Å². The van der Waals surface area contributed by atoms with E-state index in [2.05, 4.69) is 22.2 Å². The van der Waals surface area contributed by atoms with Gasteiger partial charge in [-0.15, -0.1) is 0 Å². The maximum absolute atomic E-state index is 12.2. The van der Waals surface area contributed by atoms with Gasteiger partial charge >= 0.3 is 0 Å². The number of hydrogen-bond acceptors (Lipinski definition) is 3. The molecule has 2 aliphatic rings. The minimum atomic E-state index is -0.109. The Morgan fingerprint density at radius 3 is 2.84 bits per heavy atom. The van der Waals surface area contributed by atoms with E-state index >= 15 is 0 Å². The molecule has 6 heteroatoms. The Labute approximate surface area is 122 Å². The summed E-state index contributed by atoms with van der Waals surface area (Å²) in [5.41, 5.74) is 1.38. The van der Waals surface area contributed by atoms with Crippen LogP contribution in [0.3, 0.4) is 0 Å². The summed E-state index contributed by atoms with van der Waals surface area (Å²) >= 11 is 12.2. The third kappa shape index (κ3) is 2.29. The van der Waals surface area contributed by atoms with Crippen molar-refractivity contribution in [1.29, 1.82) is 0 Å². The lowest BCUT2D eigenvalue weighted by Crippen LogP contribution is -2.53. The zero-order chi connectivity index (χ0) is 13.6. The topological polar surface area (TPSA) is 35.6 Å². The van der Waals surface area contributed by atoms with Gasteiger partial charge in [0.1, 0.15) is 6.17 Å². The lowest BCUT2D eigenvalue weighted by molar-refractivity contribution is 0.0926. The van der Waals surface area contributed by atoms with Crippen LogP contribution in [0.4, 0.5) is 5.69 Å². The van der Waals surface area contributed by atoms with Gasteiger partial charge in [-0.05, 0) is 25.6 Å². The molecular weight excluding hydrogens is 285 g/mol. The summed E-state index contributed by atoms with van der Waals surface area (Å²) in [6.45, 7) is 2.77. The maximum atomic E-state index is 12.2. The summed E-state index contributed by atoms with van der Waals surface area (Å²) in [6.07, 6.45) is 0.922. The molecule has 1 atom stereocenters. The number of rotatable bonds is 0. The Morgan fingerprint density at radius 1 is 1.26 bits per heavy atom. The van der Waals surface area contributed by atoms with E-state index < -0.39 is 0 Å². The van der Waals surface area contributed by atoms with Crippen LogP contribution in [0.25, 0.3) is 0 Å². The molecule has 102 valence electrons. The Morgan fingerprint density at radius 2 is 2.05 bits per heavy atom. The van der Waals surface area contributed by atoms with E-state index in [4.69, 9.17) is 23.2 Å². The normalized spacial score (nSPS) is 23.4. The molecule has 1 N–H and O–H groups in total. The molecule has 1 amide bonds. The maximum Gasteiger partial charge on any atom is 0.256 e. The summed E-state index contributed by atoms with van der Waals surface area (Å²) in [5, 5.41) is 4.01. The average molecular weight is 300 g/mol. The quantitative estimate of drug-likeness (QED) is 0.798. The van der Waals surface area contributed by atoms with Gasteiger partial charge in [0.2, 0.25) is 0 Å². The second kappa shape index (κ2) is 4.85. The summed E-state index contributed by atoms with van der Waals surface area (Å²) in [4.78, 5) is 16.6. The van der Waals surface area contributed by atoms with Crippen molar-refractivity contribution in [3.63, 3.8) is 0 Å². The number of hydrogen-bond donors (Lipinski definition) is 1. The molecule has 19 heavy (non-hydrogen) atoms. The van der Waals surface area contributed by atoms with Gasteiger partial charge in [0.05, 0.1) is 16.3 Å². The fourth-order valence-electron chi connectivity index (χ4n) is 2.72. The number of fused-ring (bicyclic) bond motifs is 3. The highest BCUT2D eigenvalue weighted by Gasteiger charge is 2.34. The molecule has 1 saturated heterocycles. The van der Waals surface area contributed by atoms with Crippen LogP contribution in [0, 0.1) is 0 Å². The van der Waals surface area contributed by atoms with Crippen LogP contribution in [-0.4, -0.2) is 43.7 Å². The van der Waals surface area contributed by atoms with Crippen LogP contribution in [0.1, 0.15) is 16.8 Å². The van der Waals surface area contributed by atoms with E-state index in [-0.39, 0.29) is 12.1 Å². The zero-order valence-corrected chi connectivity index (χ0v) is 12.1. The standard InChI is InChI=1S/C13H15Cl2N3O/c1-17-3-2-11-16-13(19)12-9(15)6-8(14)7-10(12)18(11)5-4-17/h6-7,11H,2-5H2,1H3,(H,16,19)/t11-/m1/s1. The molecule has 0 radical (unpaired) electrons. The lowest BCUT2D eigenvalue weighted by Gasteiger charge is -2.38. The van der Waals surface area contributed by atoms with Gasteiger partial charge in [0, 0.05) is 24.7 Å². The Balaban J connectivity index is 2.08. The summed E-state index contributed by atoms with van der Waals surface area (Å²) in [7, 11) is 2.09. The van der Waals surface area contributed by atoms with E-state index in [1.165, 1.54) is 0 Å². The number of amides is 1. The second-order valence-corrected chi connectivity index (χ2v) is 5.90. The van der Waals surface area contributed by atoms with Crippen LogP contribution < -0.4 is 10.2 Å². The second-order valence-electron chi connectivity index (χ2n) is 5.06. The first-order chi connectivity index (χ1) is 9.06. The van der Waals surface area contributed by atoms with E-state index in [0.717, 1.165) is 31.7 Å². The van der Waals surface area contributed by atoms with Crippen molar-refractivity contribution in [3.8, 4) is 0 Å². The Kier molecular flexibility index (Phi) is 3.33. The van der Waals surface area contributed by atoms with Crippen LogP contribution in [0.5, 0.6) is 0 Å². The van der Waals surface area contributed by atoms with Gasteiger partial charge in [0.15, 0.2) is 0 Å². The Bertz CT molecular complexity index is 535. The molecule has 4 nitrogen and oxygen atoms in total. The average Bonchev–Trinajstić information content (AvgIpc) is 2.51.